The van der Waals surface area contributed by atoms with E-state index in [1.54, 1.807) is 0 Å². The summed E-state index contributed by atoms with van der Waals surface area (Å²) >= 11 is 0. The molecular weight excluding hydrogens is 118 g/mol. The van der Waals surface area contributed by atoms with Gasteiger partial charge in [-0.05, 0) is 6.08 Å². The Labute approximate surface area is 53.7 Å². The Morgan fingerprint density at radius 1 is 1.78 bits per heavy atom. The molecular formula is C6H9NO2. The first kappa shape index (κ1) is 6.29. The van der Waals surface area contributed by atoms with Gasteiger partial charge in [0.2, 0.25) is 5.91 Å². The van der Waals surface area contributed by atoms with E-state index in [-0.39, 0.29) is 11.9 Å². The maximum Gasteiger partial charge on any atom is 0.243 e. The predicted molar refractivity (Wildman–Crippen MR) is 32.9 cm³/mol. The highest BCUT2D eigenvalue weighted by atomic mass is 16.5. The zero-order valence-electron chi connectivity index (χ0n) is 5.09. The highest BCUT2D eigenvalue weighted by Gasteiger charge is 2.18. The van der Waals surface area contributed by atoms with E-state index in [2.05, 4.69) is 11.9 Å². The first-order valence-electron chi connectivity index (χ1n) is 2.83. The first-order valence-corrected chi connectivity index (χ1v) is 2.83. The van der Waals surface area contributed by atoms with E-state index in [1.165, 1.54) is 6.08 Å². The molecule has 1 amide bonds. The highest BCUT2D eigenvalue weighted by molar-refractivity contribution is 5.87. The van der Waals surface area contributed by atoms with Gasteiger partial charge in [-0.25, -0.2) is 0 Å². The van der Waals surface area contributed by atoms with Crippen molar-refractivity contribution < 1.29 is 9.53 Å². The van der Waals surface area contributed by atoms with Crippen molar-refractivity contribution in [2.45, 2.75) is 6.04 Å². The predicted octanol–water partition coefficient (Wildman–Crippen LogP) is -0.313. The molecule has 0 bridgehead atoms. The molecule has 0 spiro atoms. The van der Waals surface area contributed by atoms with E-state index < -0.39 is 0 Å². The van der Waals surface area contributed by atoms with Crippen LogP contribution in [0.1, 0.15) is 0 Å². The second-order valence-electron chi connectivity index (χ2n) is 1.95. The number of ether oxygens (including phenoxy) is 1. The average molecular weight is 127 g/mol. The van der Waals surface area contributed by atoms with Crippen molar-refractivity contribution in [3.8, 4) is 0 Å². The molecule has 1 heterocycles. The Morgan fingerprint density at radius 3 is 2.78 bits per heavy atom. The van der Waals surface area contributed by atoms with Gasteiger partial charge in [0, 0.05) is 0 Å². The van der Waals surface area contributed by atoms with Crippen molar-refractivity contribution in [3.05, 3.63) is 12.7 Å². The van der Waals surface area contributed by atoms with Crippen molar-refractivity contribution in [3.63, 3.8) is 0 Å². The van der Waals surface area contributed by atoms with Crippen molar-refractivity contribution in [1.82, 2.24) is 5.32 Å². The lowest BCUT2D eigenvalue weighted by Crippen LogP contribution is -2.47. The molecule has 1 aliphatic rings. The summed E-state index contributed by atoms with van der Waals surface area (Å²) in [6.07, 6.45) is 1.26. The average Bonchev–Trinajstić information content (AvgIpc) is 1.78. The third-order valence-corrected chi connectivity index (χ3v) is 1.17. The molecule has 0 atom stereocenters. The van der Waals surface area contributed by atoms with Gasteiger partial charge in [-0.15, -0.1) is 0 Å². The molecule has 3 nitrogen and oxygen atoms in total. The molecule has 0 aliphatic carbocycles. The maximum atomic E-state index is 10.5. The quantitative estimate of drug-likeness (QED) is 0.516. The molecule has 50 valence electrons. The van der Waals surface area contributed by atoms with Crippen LogP contribution in [0, 0.1) is 0 Å². The Kier molecular flexibility index (Phi) is 1.85. The van der Waals surface area contributed by atoms with Crippen LogP contribution >= 0.6 is 0 Å². The molecule has 0 aromatic heterocycles. The van der Waals surface area contributed by atoms with Crippen LogP contribution in [0.15, 0.2) is 12.7 Å². The van der Waals surface area contributed by atoms with Gasteiger partial charge >= 0.3 is 0 Å². The van der Waals surface area contributed by atoms with Crippen LogP contribution < -0.4 is 5.32 Å². The monoisotopic (exact) mass is 127 g/mol. The molecule has 9 heavy (non-hydrogen) atoms. The number of carbonyl (C=O) groups is 1. The second-order valence-corrected chi connectivity index (χ2v) is 1.95. The third kappa shape index (κ3) is 1.54. The van der Waals surface area contributed by atoms with Crippen molar-refractivity contribution in [2.75, 3.05) is 13.2 Å². The van der Waals surface area contributed by atoms with E-state index in [1.807, 2.05) is 0 Å². The van der Waals surface area contributed by atoms with Crippen LogP contribution in [0.3, 0.4) is 0 Å². The molecule has 1 aliphatic heterocycles. The fraction of sp³-hybridized carbons (Fsp3) is 0.500. The standard InChI is InChI=1S/C6H9NO2/c1-2-6(8)7-5-3-9-4-5/h2,5H,1,3-4H2,(H,7,8). The van der Waals surface area contributed by atoms with Crippen molar-refractivity contribution in [2.24, 2.45) is 0 Å². The van der Waals surface area contributed by atoms with Gasteiger partial charge in [0.05, 0.1) is 19.3 Å². The molecule has 0 aromatic rings. The van der Waals surface area contributed by atoms with Gasteiger partial charge in [0.25, 0.3) is 0 Å². The van der Waals surface area contributed by atoms with Crippen molar-refractivity contribution >= 4 is 5.91 Å². The minimum atomic E-state index is -0.122. The summed E-state index contributed by atoms with van der Waals surface area (Å²) in [5.74, 6) is -0.122. The van der Waals surface area contributed by atoms with E-state index >= 15 is 0 Å². The number of nitrogens with one attached hydrogen (secondary N) is 1. The summed E-state index contributed by atoms with van der Waals surface area (Å²) in [7, 11) is 0. The molecule has 0 saturated carbocycles. The van der Waals surface area contributed by atoms with Crippen LogP contribution in [0.2, 0.25) is 0 Å². The Balaban J connectivity index is 2.16. The van der Waals surface area contributed by atoms with Gasteiger partial charge in [0.1, 0.15) is 0 Å². The van der Waals surface area contributed by atoms with Gasteiger partial charge in [-0.3, -0.25) is 4.79 Å². The van der Waals surface area contributed by atoms with Gasteiger partial charge < -0.3 is 10.1 Å². The summed E-state index contributed by atoms with van der Waals surface area (Å²) < 4.78 is 4.83. The number of carbonyl (C=O) groups excluding carboxylic acids is 1. The minimum Gasteiger partial charge on any atom is -0.377 e. The summed E-state index contributed by atoms with van der Waals surface area (Å²) in [4.78, 5) is 10.5. The van der Waals surface area contributed by atoms with Gasteiger partial charge in [0.15, 0.2) is 0 Å². The van der Waals surface area contributed by atoms with Crippen LogP contribution in [-0.2, 0) is 9.53 Å². The van der Waals surface area contributed by atoms with Crippen molar-refractivity contribution in [1.29, 1.82) is 0 Å². The first-order chi connectivity index (χ1) is 4.33. The lowest BCUT2D eigenvalue weighted by Gasteiger charge is -2.25. The molecule has 3 heteroatoms. The lowest BCUT2D eigenvalue weighted by atomic mass is 10.2. The number of hydrogen-bond acceptors (Lipinski definition) is 2. The molecule has 1 fully saturated rings. The largest absolute Gasteiger partial charge is 0.377 e. The molecule has 0 unspecified atom stereocenters. The highest BCUT2D eigenvalue weighted by Crippen LogP contribution is 1.98. The molecule has 1 N–H and O–H groups in total. The van der Waals surface area contributed by atoms with E-state index in [4.69, 9.17) is 4.74 Å². The third-order valence-electron chi connectivity index (χ3n) is 1.17. The van der Waals surface area contributed by atoms with E-state index in [9.17, 15) is 4.79 Å². The van der Waals surface area contributed by atoms with Gasteiger partial charge in [-0.2, -0.15) is 0 Å². The second kappa shape index (κ2) is 2.64. The topological polar surface area (TPSA) is 38.3 Å². The maximum absolute atomic E-state index is 10.5. The summed E-state index contributed by atoms with van der Waals surface area (Å²) in [6.45, 7) is 4.60. The Bertz CT molecular complexity index is 129. The SMILES string of the molecule is C=CC(=O)NC1COC1. The van der Waals surface area contributed by atoms with Crippen LogP contribution in [-0.4, -0.2) is 25.2 Å². The van der Waals surface area contributed by atoms with Crippen LogP contribution in [0.5, 0.6) is 0 Å². The Hall–Kier alpha value is -0.830. The smallest absolute Gasteiger partial charge is 0.243 e. The molecule has 1 saturated heterocycles. The summed E-state index contributed by atoms with van der Waals surface area (Å²) in [6, 6.07) is 0.218. The van der Waals surface area contributed by atoms with Crippen LogP contribution in [0.25, 0.3) is 0 Å². The summed E-state index contributed by atoms with van der Waals surface area (Å²) in [5.41, 5.74) is 0. The minimum absolute atomic E-state index is 0.122. The molecule has 0 aromatic carbocycles. The normalized spacial score (nSPS) is 18.2. The molecule has 0 radical (unpaired) electrons. The fourth-order valence-electron chi connectivity index (χ4n) is 0.579. The Morgan fingerprint density at radius 2 is 2.44 bits per heavy atom. The number of amides is 1. The number of rotatable bonds is 2. The fourth-order valence-corrected chi connectivity index (χ4v) is 0.579. The number of hydrogen-bond donors (Lipinski definition) is 1. The molecule has 1 rings (SSSR count). The van der Waals surface area contributed by atoms with E-state index in [0.717, 1.165) is 0 Å². The summed E-state index contributed by atoms with van der Waals surface area (Å²) in [5, 5.41) is 2.68. The zero-order chi connectivity index (χ0) is 6.69. The van der Waals surface area contributed by atoms with Crippen LogP contribution in [0.4, 0.5) is 0 Å². The lowest BCUT2D eigenvalue weighted by molar-refractivity contribution is -0.120. The zero-order valence-corrected chi connectivity index (χ0v) is 5.09. The van der Waals surface area contributed by atoms with E-state index in [0.29, 0.717) is 13.2 Å². The van der Waals surface area contributed by atoms with Gasteiger partial charge in [-0.1, -0.05) is 6.58 Å².